The van der Waals surface area contributed by atoms with Crippen molar-refractivity contribution in [1.82, 2.24) is 4.57 Å². The maximum absolute atomic E-state index is 11.9. The molecule has 0 radical (unpaired) electrons. The number of aryl methyl sites for hydroxylation is 1. The minimum Gasteiger partial charge on any atom is -0.478 e. The van der Waals surface area contributed by atoms with E-state index >= 15 is 0 Å². The number of rotatable bonds is 5. The highest BCUT2D eigenvalue weighted by Crippen LogP contribution is 2.34. The van der Waals surface area contributed by atoms with Crippen LogP contribution in [0.25, 0.3) is 16.9 Å². The molecule has 6 nitrogen and oxygen atoms in total. The molecular weight excluding hydrogens is 320 g/mol. The third-order valence-electron chi connectivity index (χ3n) is 4.06. The molecule has 0 saturated carbocycles. The van der Waals surface area contributed by atoms with Crippen LogP contribution in [0.4, 0.5) is 5.69 Å². The Balaban J connectivity index is 2.39. The number of hydrogen-bond acceptors (Lipinski definition) is 3. The summed E-state index contributed by atoms with van der Waals surface area (Å²) in [7, 11) is 0. The first-order valence-corrected chi connectivity index (χ1v) is 7.81. The first-order valence-electron chi connectivity index (χ1n) is 7.81. The van der Waals surface area contributed by atoms with Gasteiger partial charge >= 0.3 is 5.97 Å². The summed E-state index contributed by atoms with van der Waals surface area (Å²) in [5.74, 6) is -1.05. The van der Waals surface area contributed by atoms with Crippen LogP contribution < -0.4 is 0 Å². The molecule has 25 heavy (non-hydrogen) atoms. The number of carbonyl (C=O) groups is 1. The van der Waals surface area contributed by atoms with Crippen LogP contribution in [-0.4, -0.2) is 20.6 Å². The first-order chi connectivity index (χ1) is 12.0. The quantitative estimate of drug-likeness (QED) is 0.555. The van der Waals surface area contributed by atoms with Gasteiger partial charge in [0.15, 0.2) is 0 Å². The fourth-order valence-electron chi connectivity index (χ4n) is 2.96. The number of para-hydroxylation sites is 2. The largest absolute Gasteiger partial charge is 0.478 e. The van der Waals surface area contributed by atoms with E-state index in [9.17, 15) is 20.0 Å². The number of nitro groups is 1. The predicted molar refractivity (Wildman–Crippen MR) is 94.2 cm³/mol. The second kappa shape index (κ2) is 6.60. The van der Waals surface area contributed by atoms with Crippen LogP contribution in [0.2, 0.25) is 0 Å². The molecule has 1 heterocycles. The molecule has 0 saturated heterocycles. The minimum atomic E-state index is -1.05. The average Bonchev–Trinajstić information content (AvgIpc) is 3.02. The minimum absolute atomic E-state index is 0.0747. The van der Waals surface area contributed by atoms with Crippen molar-refractivity contribution in [1.29, 1.82) is 0 Å². The number of nitro benzene ring substituents is 1. The van der Waals surface area contributed by atoms with E-state index < -0.39 is 10.9 Å². The van der Waals surface area contributed by atoms with Crippen molar-refractivity contribution in [2.75, 3.05) is 0 Å². The molecule has 6 heteroatoms. The fraction of sp³-hybridized carbons (Fsp3) is 0.105. The number of benzene rings is 2. The third kappa shape index (κ3) is 2.89. The second-order valence-electron chi connectivity index (χ2n) is 5.52. The Bertz CT molecular complexity index is 945. The van der Waals surface area contributed by atoms with Gasteiger partial charge < -0.3 is 9.67 Å². The lowest BCUT2D eigenvalue weighted by Gasteiger charge is -2.11. The Morgan fingerprint density at radius 3 is 2.36 bits per heavy atom. The Labute approximate surface area is 144 Å². The summed E-state index contributed by atoms with van der Waals surface area (Å²) >= 11 is 0. The van der Waals surface area contributed by atoms with E-state index in [1.54, 1.807) is 41.1 Å². The van der Waals surface area contributed by atoms with E-state index in [-0.39, 0.29) is 11.3 Å². The fourth-order valence-corrected chi connectivity index (χ4v) is 2.96. The van der Waals surface area contributed by atoms with Gasteiger partial charge in [0.25, 0.3) is 5.69 Å². The number of carboxylic acids is 1. The summed E-state index contributed by atoms with van der Waals surface area (Å²) in [6, 6.07) is 15.4. The monoisotopic (exact) mass is 336 g/mol. The summed E-state index contributed by atoms with van der Waals surface area (Å²) in [4.78, 5) is 22.8. The van der Waals surface area contributed by atoms with Gasteiger partial charge in [-0.2, -0.15) is 0 Å². The lowest BCUT2D eigenvalue weighted by Crippen LogP contribution is -2.04. The van der Waals surface area contributed by atoms with Gasteiger partial charge in [-0.3, -0.25) is 10.1 Å². The van der Waals surface area contributed by atoms with Crippen molar-refractivity contribution < 1.29 is 14.8 Å². The van der Waals surface area contributed by atoms with Crippen molar-refractivity contribution in [3.63, 3.8) is 0 Å². The van der Waals surface area contributed by atoms with Crippen molar-refractivity contribution in [2.45, 2.75) is 13.3 Å². The van der Waals surface area contributed by atoms with Gasteiger partial charge in [-0.25, -0.2) is 4.79 Å². The Kier molecular flexibility index (Phi) is 4.35. The molecule has 3 aromatic rings. The van der Waals surface area contributed by atoms with E-state index in [4.69, 9.17) is 0 Å². The van der Waals surface area contributed by atoms with Crippen LogP contribution in [0.1, 0.15) is 22.8 Å². The molecular formula is C19H16N2O4. The zero-order valence-corrected chi connectivity index (χ0v) is 13.5. The van der Waals surface area contributed by atoms with Crippen LogP contribution >= 0.6 is 0 Å². The molecule has 0 aliphatic heterocycles. The summed E-state index contributed by atoms with van der Waals surface area (Å²) < 4.78 is 1.61. The SMILES string of the molecule is CCc1cn(-c2ccccc2[N+](=O)[O-])c(-c2ccccc2)c1C(=O)O. The summed E-state index contributed by atoms with van der Waals surface area (Å²) in [6.45, 7) is 1.86. The number of hydrogen-bond donors (Lipinski definition) is 1. The molecule has 0 unspecified atom stereocenters. The highest BCUT2D eigenvalue weighted by molar-refractivity contribution is 5.97. The highest BCUT2D eigenvalue weighted by atomic mass is 16.6. The highest BCUT2D eigenvalue weighted by Gasteiger charge is 2.25. The van der Waals surface area contributed by atoms with Crippen LogP contribution in [0.15, 0.2) is 60.8 Å². The Hall–Kier alpha value is -3.41. The van der Waals surface area contributed by atoms with E-state index in [2.05, 4.69) is 0 Å². The van der Waals surface area contributed by atoms with Crippen molar-refractivity contribution in [3.8, 4) is 16.9 Å². The zero-order valence-electron chi connectivity index (χ0n) is 13.5. The van der Waals surface area contributed by atoms with Crippen LogP contribution in [0.5, 0.6) is 0 Å². The lowest BCUT2D eigenvalue weighted by atomic mass is 10.0. The maximum Gasteiger partial charge on any atom is 0.338 e. The molecule has 0 spiro atoms. The Morgan fingerprint density at radius 2 is 1.76 bits per heavy atom. The molecule has 0 aliphatic carbocycles. The van der Waals surface area contributed by atoms with Crippen LogP contribution in [0, 0.1) is 10.1 Å². The molecule has 2 aromatic carbocycles. The number of aromatic nitrogens is 1. The molecule has 0 atom stereocenters. The van der Waals surface area contributed by atoms with Gasteiger partial charge in [0.2, 0.25) is 0 Å². The van der Waals surface area contributed by atoms with Gasteiger partial charge in [-0.1, -0.05) is 49.4 Å². The van der Waals surface area contributed by atoms with E-state index in [0.29, 0.717) is 28.9 Å². The smallest absolute Gasteiger partial charge is 0.338 e. The molecule has 126 valence electrons. The standard InChI is InChI=1S/C19H16N2O4/c1-2-13-12-20(15-10-6-7-11-16(15)21(24)25)18(17(13)19(22)23)14-8-4-3-5-9-14/h3-12H,2H2,1H3,(H,22,23). The van der Waals surface area contributed by atoms with E-state index in [1.807, 2.05) is 25.1 Å². The van der Waals surface area contributed by atoms with Gasteiger partial charge in [0, 0.05) is 12.3 Å². The van der Waals surface area contributed by atoms with E-state index in [1.165, 1.54) is 6.07 Å². The first kappa shape index (κ1) is 16.4. The van der Waals surface area contributed by atoms with Gasteiger partial charge in [0.05, 0.1) is 16.2 Å². The molecule has 1 N–H and O–H groups in total. The average molecular weight is 336 g/mol. The summed E-state index contributed by atoms with van der Waals surface area (Å²) in [5.41, 5.74) is 2.20. The second-order valence-corrected chi connectivity index (χ2v) is 5.52. The normalized spacial score (nSPS) is 10.6. The molecule has 0 aliphatic rings. The van der Waals surface area contributed by atoms with Crippen molar-refractivity contribution >= 4 is 11.7 Å². The summed E-state index contributed by atoms with van der Waals surface area (Å²) in [6.07, 6.45) is 2.18. The molecule has 3 rings (SSSR count). The van der Waals surface area contributed by atoms with E-state index in [0.717, 1.165) is 0 Å². The molecule has 0 amide bonds. The van der Waals surface area contributed by atoms with Crippen LogP contribution in [0.3, 0.4) is 0 Å². The topological polar surface area (TPSA) is 85.4 Å². The predicted octanol–water partition coefficient (Wildman–Crippen LogP) is 4.31. The molecule has 0 bridgehead atoms. The van der Waals surface area contributed by atoms with Crippen molar-refractivity contribution in [3.05, 3.63) is 82.0 Å². The zero-order chi connectivity index (χ0) is 18.0. The Morgan fingerprint density at radius 1 is 1.12 bits per heavy atom. The van der Waals surface area contributed by atoms with Gasteiger partial charge in [-0.15, -0.1) is 0 Å². The number of carboxylic acid groups (broad SMARTS) is 1. The summed E-state index contributed by atoms with van der Waals surface area (Å²) in [5, 5.41) is 21.1. The number of aromatic carboxylic acids is 1. The van der Waals surface area contributed by atoms with Crippen molar-refractivity contribution in [2.24, 2.45) is 0 Å². The van der Waals surface area contributed by atoms with Gasteiger partial charge in [-0.05, 0) is 23.6 Å². The third-order valence-corrected chi connectivity index (χ3v) is 4.06. The molecule has 1 aromatic heterocycles. The lowest BCUT2D eigenvalue weighted by molar-refractivity contribution is -0.384. The van der Waals surface area contributed by atoms with Crippen LogP contribution in [-0.2, 0) is 6.42 Å². The number of nitrogens with zero attached hydrogens (tertiary/aromatic N) is 2. The molecule has 0 fully saturated rings. The van der Waals surface area contributed by atoms with Gasteiger partial charge in [0.1, 0.15) is 5.69 Å². The maximum atomic E-state index is 11.9.